The molecule has 0 saturated heterocycles. The lowest BCUT2D eigenvalue weighted by molar-refractivity contribution is -0.141. The van der Waals surface area contributed by atoms with Crippen molar-refractivity contribution in [3.63, 3.8) is 0 Å². The number of rotatable bonds is 5. The average Bonchev–Trinajstić information content (AvgIpc) is 2.35. The van der Waals surface area contributed by atoms with Gasteiger partial charge in [-0.15, -0.1) is 4.72 Å². The summed E-state index contributed by atoms with van der Waals surface area (Å²) in [6.45, 7) is 5.60. The van der Waals surface area contributed by atoms with Gasteiger partial charge in [-0.25, -0.2) is 0 Å². The molecule has 0 aromatic heterocycles. The topological polar surface area (TPSA) is 61.4 Å². The van der Waals surface area contributed by atoms with Crippen LogP contribution in [0.1, 0.15) is 38.8 Å². The fourth-order valence-corrected chi connectivity index (χ4v) is 3.51. The van der Waals surface area contributed by atoms with E-state index in [9.17, 15) is 9.35 Å². The third kappa shape index (κ3) is 6.32. The molecular formula is C14H19ClINO3S. The molecule has 1 aromatic carbocycles. The van der Waals surface area contributed by atoms with Crippen molar-refractivity contribution in [1.29, 1.82) is 0 Å². The summed E-state index contributed by atoms with van der Waals surface area (Å²) >= 11 is 6.92. The number of benzene rings is 1. The van der Waals surface area contributed by atoms with Crippen molar-refractivity contribution in [3.05, 3.63) is 32.4 Å². The van der Waals surface area contributed by atoms with Gasteiger partial charge in [0.25, 0.3) is 0 Å². The molecule has 0 saturated carbocycles. The lowest BCUT2D eigenvalue weighted by Gasteiger charge is -2.28. The normalized spacial score (nSPS) is 14.6. The van der Waals surface area contributed by atoms with Crippen LogP contribution in [-0.2, 0) is 20.9 Å². The van der Waals surface area contributed by atoms with E-state index >= 15 is 0 Å². The van der Waals surface area contributed by atoms with Gasteiger partial charge in [0, 0.05) is 20.0 Å². The molecular weight excluding hydrogens is 425 g/mol. The first-order chi connectivity index (χ1) is 9.63. The summed E-state index contributed by atoms with van der Waals surface area (Å²) in [5, 5.41) is 0.579. The third-order valence-electron chi connectivity index (χ3n) is 2.69. The van der Waals surface area contributed by atoms with E-state index < -0.39 is 22.2 Å². The second kappa shape index (κ2) is 8.01. The molecule has 2 atom stereocenters. The first kappa shape index (κ1) is 19.0. The number of carbonyl (C=O) groups excluding carboxylic acids is 1. The highest BCUT2D eigenvalue weighted by molar-refractivity contribution is 14.1. The SMILES string of the molecule is COC(=O)C[C@H](N[S+]([O-])C(C)(C)C)c1cc(Cl)cc(I)c1. The molecule has 1 N–H and O–H groups in total. The molecule has 1 aromatic rings. The molecule has 1 rings (SSSR count). The minimum absolute atomic E-state index is 0.0920. The second-order valence-electron chi connectivity index (χ2n) is 5.53. The maximum absolute atomic E-state index is 12.3. The number of hydrogen-bond donors (Lipinski definition) is 1. The second-order valence-corrected chi connectivity index (χ2v) is 9.21. The summed E-state index contributed by atoms with van der Waals surface area (Å²) in [6, 6.07) is 5.09. The number of esters is 1. The number of ether oxygens (including phenoxy) is 1. The third-order valence-corrected chi connectivity index (χ3v) is 5.14. The smallest absolute Gasteiger partial charge is 0.307 e. The molecule has 4 nitrogen and oxygen atoms in total. The van der Waals surface area contributed by atoms with Gasteiger partial charge in [-0.3, -0.25) is 4.79 Å². The summed E-state index contributed by atoms with van der Waals surface area (Å²) in [4.78, 5) is 11.6. The molecule has 1 unspecified atom stereocenters. The number of carbonyl (C=O) groups is 1. The molecule has 0 aliphatic heterocycles. The summed E-state index contributed by atoms with van der Waals surface area (Å²) in [5.41, 5.74) is 0.815. The number of nitrogens with one attached hydrogen (secondary N) is 1. The maximum Gasteiger partial charge on any atom is 0.307 e. The van der Waals surface area contributed by atoms with Crippen LogP contribution in [0.25, 0.3) is 0 Å². The van der Waals surface area contributed by atoms with E-state index in [-0.39, 0.29) is 12.4 Å². The summed E-state index contributed by atoms with van der Waals surface area (Å²) in [5.74, 6) is -0.367. The van der Waals surface area contributed by atoms with Crippen LogP contribution in [0, 0.1) is 3.57 Å². The molecule has 118 valence electrons. The van der Waals surface area contributed by atoms with Crippen LogP contribution in [0.15, 0.2) is 18.2 Å². The Labute approximate surface area is 147 Å². The number of hydrogen-bond acceptors (Lipinski definition) is 4. The zero-order valence-corrected chi connectivity index (χ0v) is 16.1. The van der Waals surface area contributed by atoms with Gasteiger partial charge in [-0.1, -0.05) is 11.6 Å². The van der Waals surface area contributed by atoms with Gasteiger partial charge in [-0.2, -0.15) is 0 Å². The van der Waals surface area contributed by atoms with Crippen LogP contribution in [0.2, 0.25) is 5.02 Å². The molecule has 0 aliphatic rings. The lowest BCUT2D eigenvalue weighted by Crippen LogP contribution is -2.41. The van der Waals surface area contributed by atoms with Crippen molar-refractivity contribution >= 4 is 51.5 Å². The van der Waals surface area contributed by atoms with Gasteiger partial charge >= 0.3 is 5.97 Å². The fraction of sp³-hybridized carbons (Fsp3) is 0.500. The van der Waals surface area contributed by atoms with E-state index in [0.29, 0.717) is 5.02 Å². The summed E-state index contributed by atoms with van der Waals surface area (Å²) < 4.78 is 20.5. The minimum Gasteiger partial charge on any atom is -0.598 e. The van der Waals surface area contributed by atoms with Gasteiger partial charge in [0.15, 0.2) is 0 Å². The van der Waals surface area contributed by atoms with E-state index in [1.54, 1.807) is 6.07 Å². The molecule has 0 radical (unpaired) electrons. The van der Waals surface area contributed by atoms with E-state index in [2.05, 4.69) is 27.3 Å². The van der Waals surface area contributed by atoms with Crippen LogP contribution in [0.3, 0.4) is 0 Å². The highest BCUT2D eigenvalue weighted by Gasteiger charge is 2.31. The minimum atomic E-state index is -1.30. The van der Waals surface area contributed by atoms with E-state index in [1.807, 2.05) is 32.9 Å². The van der Waals surface area contributed by atoms with Crippen LogP contribution in [0.4, 0.5) is 0 Å². The quantitative estimate of drug-likeness (QED) is 0.429. The largest absolute Gasteiger partial charge is 0.598 e. The van der Waals surface area contributed by atoms with Gasteiger partial charge < -0.3 is 9.29 Å². The first-order valence-electron chi connectivity index (χ1n) is 6.34. The van der Waals surface area contributed by atoms with Gasteiger partial charge in [0.05, 0.1) is 19.6 Å². The Hall–Kier alpha value is -0.0200. The van der Waals surface area contributed by atoms with Gasteiger partial charge in [-0.05, 0) is 67.1 Å². The molecule has 7 heteroatoms. The molecule has 0 amide bonds. The van der Waals surface area contributed by atoms with Crippen molar-refractivity contribution < 1.29 is 14.1 Å². The van der Waals surface area contributed by atoms with Gasteiger partial charge in [0.2, 0.25) is 0 Å². The highest BCUT2D eigenvalue weighted by atomic mass is 127. The highest BCUT2D eigenvalue weighted by Crippen LogP contribution is 2.26. The van der Waals surface area contributed by atoms with Gasteiger partial charge in [0.1, 0.15) is 4.75 Å². The van der Waals surface area contributed by atoms with Crippen molar-refractivity contribution in [1.82, 2.24) is 4.72 Å². The maximum atomic E-state index is 12.3. The monoisotopic (exact) mass is 443 g/mol. The van der Waals surface area contributed by atoms with Crippen LogP contribution >= 0.6 is 34.2 Å². The number of methoxy groups -OCH3 is 1. The Balaban J connectivity index is 3.04. The molecule has 0 spiro atoms. The predicted molar refractivity (Wildman–Crippen MR) is 94.6 cm³/mol. The van der Waals surface area contributed by atoms with Crippen LogP contribution in [-0.4, -0.2) is 22.4 Å². The van der Waals surface area contributed by atoms with Crippen molar-refractivity contribution in [2.24, 2.45) is 0 Å². The Morgan fingerprint density at radius 1 is 1.48 bits per heavy atom. The molecule has 0 fully saturated rings. The Kier molecular flexibility index (Phi) is 7.26. The van der Waals surface area contributed by atoms with Crippen LogP contribution < -0.4 is 4.72 Å². The fourth-order valence-electron chi connectivity index (χ4n) is 1.56. The predicted octanol–water partition coefficient (Wildman–Crippen LogP) is 3.60. The lowest BCUT2D eigenvalue weighted by atomic mass is 10.1. The molecule has 0 aliphatic carbocycles. The van der Waals surface area contributed by atoms with E-state index in [0.717, 1.165) is 9.13 Å². The zero-order valence-electron chi connectivity index (χ0n) is 12.4. The molecule has 21 heavy (non-hydrogen) atoms. The van der Waals surface area contributed by atoms with Crippen LogP contribution in [0.5, 0.6) is 0 Å². The van der Waals surface area contributed by atoms with Crippen molar-refractivity contribution in [2.75, 3.05) is 7.11 Å². The molecule has 0 heterocycles. The van der Waals surface area contributed by atoms with Crippen molar-refractivity contribution in [2.45, 2.75) is 38.0 Å². The summed E-state index contributed by atoms with van der Waals surface area (Å²) in [7, 11) is 1.34. The Morgan fingerprint density at radius 2 is 2.10 bits per heavy atom. The molecule has 0 bridgehead atoms. The van der Waals surface area contributed by atoms with Crippen molar-refractivity contribution in [3.8, 4) is 0 Å². The standard InChI is InChI=1S/C14H19ClINO3S/c1-14(2,3)21(19)17-12(8-13(18)20-4)9-5-10(15)7-11(16)6-9/h5-7,12,17H,8H2,1-4H3/t12-,21?/m0/s1. The zero-order chi connectivity index (χ0) is 16.2. The summed E-state index contributed by atoms with van der Waals surface area (Å²) in [6.07, 6.45) is 0.0920. The Bertz CT molecular complexity index is 487. The average molecular weight is 444 g/mol. The van der Waals surface area contributed by atoms with E-state index in [1.165, 1.54) is 7.11 Å². The first-order valence-corrected chi connectivity index (χ1v) is 8.95. The Morgan fingerprint density at radius 3 is 2.57 bits per heavy atom. The van der Waals surface area contributed by atoms with E-state index in [4.69, 9.17) is 16.3 Å². The number of halogens is 2.